The van der Waals surface area contributed by atoms with Gasteiger partial charge in [-0.15, -0.1) is 0 Å². The summed E-state index contributed by atoms with van der Waals surface area (Å²) in [5, 5.41) is 0. The van der Waals surface area contributed by atoms with E-state index in [0.717, 1.165) is 5.56 Å². The first-order chi connectivity index (χ1) is 7.16. The molecule has 0 N–H and O–H groups in total. The predicted octanol–water partition coefficient (Wildman–Crippen LogP) is 1.70. The van der Waals surface area contributed by atoms with Crippen molar-refractivity contribution in [2.75, 3.05) is 6.54 Å². The molecule has 0 radical (unpaired) electrons. The summed E-state index contributed by atoms with van der Waals surface area (Å²) in [5.74, 6) is -0.184. The van der Waals surface area contributed by atoms with E-state index in [1.165, 1.54) is 11.8 Å². The fourth-order valence-corrected chi connectivity index (χ4v) is 1.29. The lowest BCUT2D eigenvalue weighted by Gasteiger charge is -2.20. The van der Waals surface area contributed by atoms with Crippen molar-refractivity contribution in [1.82, 2.24) is 4.90 Å². The molecule has 0 saturated carbocycles. The van der Waals surface area contributed by atoms with E-state index in [-0.39, 0.29) is 12.5 Å². The van der Waals surface area contributed by atoms with Crippen LogP contribution in [-0.2, 0) is 9.59 Å². The molecule has 78 valence electrons. The van der Waals surface area contributed by atoms with Gasteiger partial charge in [0.05, 0.1) is 6.54 Å². The van der Waals surface area contributed by atoms with Crippen LogP contribution in [-0.4, -0.2) is 23.6 Å². The molecule has 1 aromatic carbocycles. The third kappa shape index (κ3) is 2.77. The molecule has 0 bridgehead atoms. The first-order valence-corrected chi connectivity index (χ1v) is 4.63. The second-order valence-electron chi connectivity index (χ2n) is 3.11. The molecule has 0 aliphatic carbocycles. The quantitative estimate of drug-likeness (QED) is 0.698. The highest BCUT2D eigenvalue weighted by molar-refractivity contribution is 5.86. The van der Waals surface area contributed by atoms with Gasteiger partial charge in [0, 0.05) is 12.6 Å². The molecule has 0 aromatic heterocycles. The van der Waals surface area contributed by atoms with Crippen molar-refractivity contribution in [2.45, 2.75) is 6.92 Å². The molecule has 0 spiro atoms. The maximum atomic E-state index is 11.3. The lowest BCUT2D eigenvalue weighted by Crippen LogP contribution is -2.28. The van der Waals surface area contributed by atoms with Crippen LogP contribution in [0.15, 0.2) is 36.9 Å². The molecule has 0 aliphatic rings. The Morgan fingerprint density at radius 2 is 2.00 bits per heavy atom. The van der Waals surface area contributed by atoms with Gasteiger partial charge < -0.3 is 9.69 Å². The molecule has 1 rings (SSSR count). The van der Waals surface area contributed by atoms with E-state index in [4.69, 9.17) is 0 Å². The zero-order valence-corrected chi connectivity index (χ0v) is 8.64. The fourth-order valence-electron chi connectivity index (χ4n) is 1.29. The molecule has 0 unspecified atom stereocenters. The smallest absolute Gasteiger partial charge is 0.224 e. The number of hydrogen-bond acceptors (Lipinski definition) is 2. The predicted molar refractivity (Wildman–Crippen MR) is 58.9 cm³/mol. The highest BCUT2D eigenvalue weighted by Gasteiger charge is 2.12. The van der Waals surface area contributed by atoms with Crippen molar-refractivity contribution in [2.24, 2.45) is 0 Å². The van der Waals surface area contributed by atoms with Crippen LogP contribution in [0.1, 0.15) is 12.5 Å². The summed E-state index contributed by atoms with van der Waals surface area (Å²) >= 11 is 0. The van der Waals surface area contributed by atoms with Crippen molar-refractivity contribution in [1.29, 1.82) is 0 Å². The summed E-state index contributed by atoms with van der Waals surface area (Å²) in [5.41, 5.74) is 1.39. The molecule has 0 atom stereocenters. The van der Waals surface area contributed by atoms with Crippen LogP contribution in [0.2, 0.25) is 0 Å². The van der Waals surface area contributed by atoms with Gasteiger partial charge in [-0.25, -0.2) is 0 Å². The van der Waals surface area contributed by atoms with Crippen LogP contribution in [0, 0.1) is 0 Å². The highest BCUT2D eigenvalue weighted by Crippen LogP contribution is 2.16. The first-order valence-electron chi connectivity index (χ1n) is 4.63. The van der Waals surface area contributed by atoms with Crippen LogP contribution in [0.4, 0.5) is 0 Å². The highest BCUT2D eigenvalue weighted by atomic mass is 16.2. The first kappa shape index (κ1) is 11.2. The average Bonchev–Trinajstić information content (AvgIpc) is 2.26. The molecule has 15 heavy (non-hydrogen) atoms. The number of carbonyl (C=O) groups is 2. The van der Waals surface area contributed by atoms with E-state index in [1.54, 1.807) is 0 Å². The van der Waals surface area contributed by atoms with Gasteiger partial charge in [-0.3, -0.25) is 4.79 Å². The summed E-state index contributed by atoms with van der Waals surface area (Å²) in [6.45, 7) is 5.27. The molecule has 0 saturated heterocycles. The van der Waals surface area contributed by atoms with Crippen LogP contribution >= 0.6 is 0 Å². The minimum absolute atomic E-state index is 0.0447. The number of benzene rings is 1. The molecular formula is C12H13NO2. The number of rotatable bonds is 4. The second-order valence-corrected chi connectivity index (χ2v) is 3.11. The molecule has 3 nitrogen and oxygen atoms in total. The maximum Gasteiger partial charge on any atom is 0.224 e. The molecule has 0 heterocycles. The van der Waals surface area contributed by atoms with Gasteiger partial charge in [0.15, 0.2) is 0 Å². The van der Waals surface area contributed by atoms with Crippen molar-refractivity contribution in [3.63, 3.8) is 0 Å². The maximum absolute atomic E-state index is 11.3. The largest absolute Gasteiger partial charge is 0.306 e. The standard InChI is InChI=1S/C12H13NO2/c1-10(12-6-4-3-5-7-12)13(8-9-14)11(2)15/h3-7,9H,1,8H2,2H3. The normalized spacial score (nSPS) is 9.40. The van der Waals surface area contributed by atoms with E-state index in [1.807, 2.05) is 30.3 Å². The Morgan fingerprint density at radius 3 is 2.47 bits per heavy atom. The Bertz CT molecular complexity index is 370. The molecule has 0 fully saturated rings. The van der Waals surface area contributed by atoms with Crippen molar-refractivity contribution < 1.29 is 9.59 Å². The zero-order chi connectivity index (χ0) is 11.3. The minimum atomic E-state index is -0.184. The Hall–Kier alpha value is -1.90. The van der Waals surface area contributed by atoms with E-state index in [2.05, 4.69) is 6.58 Å². The van der Waals surface area contributed by atoms with Gasteiger partial charge in [0.1, 0.15) is 6.29 Å². The van der Waals surface area contributed by atoms with E-state index in [9.17, 15) is 9.59 Å². The number of carbonyl (C=O) groups excluding carboxylic acids is 2. The van der Waals surface area contributed by atoms with Gasteiger partial charge in [0.25, 0.3) is 0 Å². The summed E-state index contributed by atoms with van der Waals surface area (Å²) in [7, 11) is 0. The Labute approximate surface area is 89.0 Å². The zero-order valence-electron chi connectivity index (χ0n) is 8.64. The van der Waals surface area contributed by atoms with Gasteiger partial charge in [-0.05, 0) is 5.56 Å². The van der Waals surface area contributed by atoms with Crippen molar-refractivity contribution >= 4 is 17.9 Å². The van der Waals surface area contributed by atoms with Crippen molar-refractivity contribution in [3.8, 4) is 0 Å². The average molecular weight is 203 g/mol. The lowest BCUT2D eigenvalue weighted by atomic mass is 10.1. The van der Waals surface area contributed by atoms with Gasteiger partial charge in [0.2, 0.25) is 5.91 Å². The number of aldehydes is 1. The molecular weight excluding hydrogens is 190 g/mol. The second kappa shape index (κ2) is 5.10. The van der Waals surface area contributed by atoms with E-state index in [0.29, 0.717) is 12.0 Å². The van der Waals surface area contributed by atoms with Gasteiger partial charge >= 0.3 is 0 Å². The van der Waals surface area contributed by atoms with Crippen LogP contribution in [0.5, 0.6) is 0 Å². The summed E-state index contributed by atoms with van der Waals surface area (Å²) in [4.78, 5) is 23.0. The molecule has 1 amide bonds. The van der Waals surface area contributed by atoms with Crippen molar-refractivity contribution in [3.05, 3.63) is 42.5 Å². The third-order valence-corrected chi connectivity index (χ3v) is 2.07. The van der Waals surface area contributed by atoms with Gasteiger partial charge in [-0.1, -0.05) is 36.9 Å². The summed E-state index contributed by atoms with van der Waals surface area (Å²) < 4.78 is 0. The Balaban J connectivity index is 2.91. The Morgan fingerprint density at radius 1 is 1.40 bits per heavy atom. The molecule has 1 aromatic rings. The summed E-state index contributed by atoms with van der Waals surface area (Å²) in [6.07, 6.45) is 0.690. The number of nitrogens with zero attached hydrogens (tertiary/aromatic N) is 1. The molecule has 3 heteroatoms. The lowest BCUT2D eigenvalue weighted by molar-refractivity contribution is -0.127. The topological polar surface area (TPSA) is 37.4 Å². The Kier molecular flexibility index (Phi) is 3.80. The minimum Gasteiger partial charge on any atom is -0.306 e. The third-order valence-electron chi connectivity index (χ3n) is 2.07. The van der Waals surface area contributed by atoms with E-state index < -0.39 is 0 Å². The van der Waals surface area contributed by atoms with Crippen LogP contribution in [0.25, 0.3) is 5.70 Å². The van der Waals surface area contributed by atoms with Crippen LogP contribution in [0.3, 0.4) is 0 Å². The summed E-state index contributed by atoms with van der Waals surface area (Å²) in [6, 6.07) is 9.31. The van der Waals surface area contributed by atoms with E-state index >= 15 is 0 Å². The van der Waals surface area contributed by atoms with Crippen LogP contribution < -0.4 is 0 Å². The number of amides is 1. The fraction of sp³-hybridized carbons (Fsp3) is 0.167. The number of hydrogen-bond donors (Lipinski definition) is 0. The van der Waals surface area contributed by atoms with Gasteiger partial charge in [-0.2, -0.15) is 0 Å². The SMILES string of the molecule is C=C(c1ccccc1)N(CC=O)C(C)=O. The molecule has 0 aliphatic heterocycles. The monoisotopic (exact) mass is 203 g/mol.